The summed E-state index contributed by atoms with van der Waals surface area (Å²) >= 11 is 0. The van der Waals surface area contributed by atoms with Gasteiger partial charge in [-0.1, -0.05) is 24.8 Å². The van der Waals surface area contributed by atoms with Crippen LogP contribution in [0.4, 0.5) is 0 Å². The number of hydrogen-bond acceptors (Lipinski definition) is 1. The Hall–Kier alpha value is -2.35. The van der Waals surface area contributed by atoms with Crippen molar-refractivity contribution in [3.05, 3.63) is 66.4 Å². The van der Waals surface area contributed by atoms with Gasteiger partial charge in [0.25, 0.3) is 0 Å². The molecule has 0 unspecified atom stereocenters. The van der Waals surface area contributed by atoms with Crippen LogP contribution in [0.15, 0.2) is 60.3 Å². The zero-order valence-corrected chi connectivity index (χ0v) is 10.5. The number of nitrogens with zero attached hydrogens (tertiary/aromatic N) is 1. The van der Waals surface area contributed by atoms with Crippen molar-refractivity contribution in [2.24, 2.45) is 4.99 Å². The first-order valence-electron chi connectivity index (χ1n) is 5.80. The zero-order chi connectivity index (χ0) is 13.0. The molecule has 1 heterocycles. The van der Waals surface area contributed by atoms with Crippen LogP contribution in [0.2, 0.25) is 0 Å². The van der Waals surface area contributed by atoms with E-state index >= 15 is 0 Å². The van der Waals surface area contributed by atoms with E-state index in [-0.39, 0.29) is 0 Å². The fraction of sp³-hybridized carbons (Fsp3) is 0.0625. The van der Waals surface area contributed by atoms with Gasteiger partial charge in [0.05, 0.1) is 5.70 Å². The molecule has 0 aliphatic heterocycles. The SMILES string of the molecule is C=CC=C(N=C)c1cc(-c2ccc[nH]2)ccc1C. The van der Waals surface area contributed by atoms with Gasteiger partial charge >= 0.3 is 0 Å². The van der Waals surface area contributed by atoms with Crippen molar-refractivity contribution >= 4 is 12.4 Å². The predicted molar refractivity (Wildman–Crippen MR) is 78.7 cm³/mol. The summed E-state index contributed by atoms with van der Waals surface area (Å²) < 4.78 is 0. The number of allylic oxidation sites excluding steroid dienone is 2. The van der Waals surface area contributed by atoms with Gasteiger partial charge in [0.15, 0.2) is 0 Å². The molecule has 0 bridgehead atoms. The normalized spacial score (nSPS) is 11.3. The third-order valence-electron chi connectivity index (χ3n) is 2.87. The molecule has 0 amide bonds. The van der Waals surface area contributed by atoms with E-state index in [2.05, 4.69) is 48.4 Å². The van der Waals surface area contributed by atoms with Crippen LogP contribution in [0.25, 0.3) is 17.0 Å². The summed E-state index contributed by atoms with van der Waals surface area (Å²) in [4.78, 5) is 7.26. The first kappa shape index (κ1) is 12.1. The molecule has 0 atom stereocenters. The van der Waals surface area contributed by atoms with E-state index < -0.39 is 0 Å². The average molecular weight is 236 g/mol. The molecule has 0 fully saturated rings. The highest BCUT2D eigenvalue weighted by molar-refractivity contribution is 5.75. The molecule has 2 aromatic rings. The van der Waals surface area contributed by atoms with Crippen LogP contribution in [-0.4, -0.2) is 11.7 Å². The van der Waals surface area contributed by atoms with Crippen molar-refractivity contribution in [3.63, 3.8) is 0 Å². The van der Waals surface area contributed by atoms with E-state index in [4.69, 9.17) is 0 Å². The second kappa shape index (κ2) is 5.32. The van der Waals surface area contributed by atoms with E-state index in [0.29, 0.717) is 0 Å². The summed E-state index contributed by atoms with van der Waals surface area (Å²) in [5.41, 5.74) is 5.33. The van der Waals surface area contributed by atoms with E-state index in [1.165, 1.54) is 5.56 Å². The lowest BCUT2D eigenvalue weighted by Crippen LogP contribution is -1.88. The average Bonchev–Trinajstić information content (AvgIpc) is 2.91. The quantitative estimate of drug-likeness (QED) is 0.608. The molecule has 0 saturated carbocycles. The second-order valence-corrected chi connectivity index (χ2v) is 4.06. The van der Waals surface area contributed by atoms with E-state index in [1.54, 1.807) is 6.08 Å². The Bertz CT molecular complexity index is 590. The topological polar surface area (TPSA) is 28.1 Å². The summed E-state index contributed by atoms with van der Waals surface area (Å²) in [6.45, 7) is 9.39. The standard InChI is InChI=1S/C16H16N2/c1-4-6-16(17-3)14-11-13(9-8-12(14)2)15-7-5-10-18-15/h4-11,18H,1,3H2,2H3. The lowest BCUT2D eigenvalue weighted by Gasteiger charge is -2.08. The number of nitrogens with one attached hydrogen (secondary N) is 1. The lowest BCUT2D eigenvalue weighted by atomic mass is 10.0. The highest BCUT2D eigenvalue weighted by atomic mass is 14.7. The molecule has 18 heavy (non-hydrogen) atoms. The molecule has 90 valence electrons. The Labute approximate surface area is 107 Å². The summed E-state index contributed by atoms with van der Waals surface area (Å²) in [6, 6.07) is 10.3. The molecule has 1 aromatic heterocycles. The maximum atomic E-state index is 4.06. The zero-order valence-electron chi connectivity index (χ0n) is 10.5. The van der Waals surface area contributed by atoms with Gasteiger partial charge < -0.3 is 4.98 Å². The Morgan fingerprint density at radius 2 is 2.17 bits per heavy atom. The molecule has 0 aliphatic rings. The van der Waals surface area contributed by atoms with Gasteiger partial charge in [0, 0.05) is 17.5 Å². The number of benzene rings is 1. The third-order valence-corrected chi connectivity index (χ3v) is 2.87. The minimum Gasteiger partial charge on any atom is -0.361 e. The largest absolute Gasteiger partial charge is 0.361 e. The molecule has 0 spiro atoms. The van der Waals surface area contributed by atoms with E-state index in [9.17, 15) is 0 Å². The summed E-state index contributed by atoms with van der Waals surface area (Å²) in [5.74, 6) is 0. The lowest BCUT2D eigenvalue weighted by molar-refractivity contribution is 1.36. The van der Waals surface area contributed by atoms with E-state index in [1.807, 2.05) is 24.4 Å². The molecule has 2 rings (SSSR count). The number of rotatable bonds is 4. The van der Waals surface area contributed by atoms with Crippen molar-refractivity contribution in [2.75, 3.05) is 0 Å². The maximum absolute atomic E-state index is 4.06. The van der Waals surface area contributed by atoms with Crippen molar-refractivity contribution in [1.29, 1.82) is 0 Å². The molecule has 2 nitrogen and oxygen atoms in total. The number of aromatic amines is 1. The van der Waals surface area contributed by atoms with Crippen LogP contribution < -0.4 is 0 Å². The van der Waals surface area contributed by atoms with Crippen LogP contribution >= 0.6 is 0 Å². The number of aryl methyl sites for hydroxylation is 1. The number of H-pyrrole nitrogens is 1. The minimum atomic E-state index is 0.843. The fourth-order valence-corrected chi connectivity index (χ4v) is 1.91. The van der Waals surface area contributed by atoms with Crippen molar-refractivity contribution in [1.82, 2.24) is 4.98 Å². The van der Waals surface area contributed by atoms with Crippen molar-refractivity contribution in [3.8, 4) is 11.3 Å². The van der Waals surface area contributed by atoms with Gasteiger partial charge in [0.2, 0.25) is 0 Å². The Balaban J connectivity index is 2.54. The van der Waals surface area contributed by atoms with Gasteiger partial charge in [-0.25, -0.2) is 0 Å². The van der Waals surface area contributed by atoms with Crippen LogP contribution in [0.5, 0.6) is 0 Å². The molecular weight excluding hydrogens is 220 g/mol. The molecule has 1 N–H and O–H groups in total. The Morgan fingerprint density at radius 3 is 2.78 bits per heavy atom. The van der Waals surface area contributed by atoms with Crippen molar-refractivity contribution in [2.45, 2.75) is 6.92 Å². The number of aliphatic imine (C=N–C) groups is 1. The Kier molecular flexibility index (Phi) is 3.58. The smallest absolute Gasteiger partial charge is 0.0697 e. The summed E-state index contributed by atoms with van der Waals surface area (Å²) in [6.07, 6.45) is 5.51. The predicted octanol–water partition coefficient (Wildman–Crippen LogP) is 4.22. The van der Waals surface area contributed by atoms with Gasteiger partial charge in [0.1, 0.15) is 0 Å². The minimum absolute atomic E-state index is 0.843. The van der Waals surface area contributed by atoms with Crippen molar-refractivity contribution < 1.29 is 0 Å². The number of aromatic nitrogens is 1. The van der Waals surface area contributed by atoms with Crippen LogP contribution in [-0.2, 0) is 0 Å². The first-order chi connectivity index (χ1) is 8.76. The third kappa shape index (κ3) is 2.33. The van der Waals surface area contributed by atoms with Gasteiger partial charge in [-0.3, -0.25) is 4.99 Å². The van der Waals surface area contributed by atoms with E-state index in [0.717, 1.165) is 22.5 Å². The van der Waals surface area contributed by atoms with Gasteiger partial charge in [-0.05, 0) is 49.0 Å². The molecular formula is C16H16N2. The fourth-order valence-electron chi connectivity index (χ4n) is 1.91. The highest BCUT2D eigenvalue weighted by Gasteiger charge is 2.06. The molecule has 1 aromatic carbocycles. The van der Waals surface area contributed by atoms with Crippen LogP contribution in [0.1, 0.15) is 11.1 Å². The van der Waals surface area contributed by atoms with Gasteiger partial charge in [-0.15, -0.1) is 0 Å². The molecule has 2 heteroatoms. The summed E-state index contributed by atoms with van der Waals surface area (Å²) in [7, 11) is 0. The second-order valence-electron chi connectivity index (χ2n) is 4.06. The number of hydrogen-bond donors (Lipinski definition) is 1. The van der Waals surface area contributed by atoms with Crippen LogP contribution in [0.3, 0.4) is 0 Å². The summed E-state index contributed by atoms with van der Waals surface area (Å²) in [5, 5.41) is 0. The first-order valence-corrected chi connectivity index (χ1v) is 5.80. The van der Waals surface area contributed by atoms with Gasteiger partial charge in [-0.2, -0.15) is 0 Å². The molecule has 0 radical (unpaired) electrons. The highest BCUT2D eigenvalue weighted by Crippen LogP contribution is 2.26. The Morgan fingerprint density at radius 1 is 1.33 bits per heavy atom. The van der Waals surface area contributed by atoms with Crippen LogP contribution in [0, 0.1) is 6.92 Å². The maximum Gasteiger partial charge on any atom is 0.0697 e. The monoisotopic (exact) mass is 236 g/mol. The molecule has 0 aliphatic carbocycles. The molecule has 0 saturated heterocycles.